The van der Waals surface area contributed by atoms with Crippen molar-refractivity contribution in [3.8, 4) is 5.75 Å². The van der Waals surface area contributed by atoms with Crippen molar-refractivity contribution < 1.29 is 9.53 Å². The summed E-state index contributed by atoms with van der Waals surface area (Å²) in [6, 6.07) is 10.7. The Morgan fingerprint density at radius 2 is 1.73 bits per heavy atom. The van der Waals surface area contributed by atoms with Crippen molar-refractivity contribution in [2.24, 2.45) is 0 Å². The summed E-state index contributed by atoms with van der Waals surface area (Å²) < 4.78 is 5.69. The standard InChI is InChI=1S/C17H17Cl2NO2/c1-10-6-11(2)8-14(7-10)22-12(3)17(21)20-16-9-13(18)4-5-15(16)19/h4-9,12H,1-3H3,(H,20,21)/t12-/m0/s1. The van der Waals surface area contributed by atoms with Crippen LogP contribution in [0.4, 0.5) is 5.69 Å². The monoisotopic (exact) mass is 337 g/mol. The maximum atomic E-state index is 12.2. The first-order chi connectivity index (χ1) is 10.3. The molecule has 1 atom stereocenters. The molecule has 5 heteroatoms. The van der Waals surface area contributed by atoms with Gasteiger partial charge in [0.2, 0.25) is 0 Å². The predicted octanol–water partition coefficient (Wildman–Crippen LogP) is 5.02. The second-order valence-electron chi connectivity index (χ2n) is 5.20. The minimum absolute atomic E-state index is 0.289. The molecule has 0 fully saturated rings. The van der Waals surface area contributed by atoms with Crippen LogP contribution < -0.4 is 10.1 Å². The van der Waals surface area contributed by atoms with E-state index in [9.17, 15) is 4.79 Å². The Morgan fingerprint density at radius 1 is 1.09 bits per heavy atom. The van der Waals surface area contributed by atoms with Gasteiger partial charge in [-0.25, -0.2) is 0 Å². The quantitative estimate of drug-likeness (QED) is 0.850. The summed E-state index contributed by atoms with van der Waals surface area (Å²) in [5.41, 5.74) is 2.64. The molecule has 2 aromatic carbocycles. The minimum Gasteiger partial charge on any atom is -0.481 e. The third-order valence-electron chi connectivity index (χ3n) is 3.06. The van der Waals surface area contributed by atoms with E-state index in [1.165, 1.54) is 0 Å². The lowest BCUT2D eigenvalue weighted by Crippen LogP contribution is -2.30. The van der Waals surface area contributed by atoms with Gasteiger partial charge in [0.05, 0.1) is 10.7 Å². The highest BCUT2D eigenvalue weighted by atomic mass is 35.5. The van der Waals surface area contributed by atoms with E-state index in [4.69, 9.17) is 27.9 Å². The number of benzene rings is 2. The normalized spacial score (nSPS) is 11.9. The van der Waals surface area contributed by atoms with E-state index in [0.717, 1.165) is 11.1 Å². The van der Waals surface area contributed by atoms with Gasteiger partial charge in [0.15, 0.2) is 6.10 Å². The van der Waals surface area contributed by atoms with Crippen molar-refractivity contribution >= 4 is 34.8 Å². The summed E-state index contributed by atoms with van der Waals surface area (Å²) in [4.78, 5) is 12.2. The van der Waals surface area contributed by atoms with Gasteiger partial charge < -0.3 is 10.1 Å². The molecular weight excluding hydrogens is 321 g/mol. The van der Waals surface area contributed by atoms with Crippen LogP contribution in [0.3, 0.4) is 0 Å². The molecule has 0 aliphatic carbocycles. The van der Waals surface area contributed by atoms with Gasteiger partial charge >= 0.3 is 0 Å². The van der Waals surface area contributed by atoms with Crippen LogP contribution in [0.1, 0.15) is 18.1 Å². The van der Waals surface area contributed by atoms with Crippen LogP contribution in [0.5, 0.6) is 5.75 Å². The number of hydrogen-bond donors (Lipinski definition) is 1. The molecule has 0 bridgehead atoms. The Morgan fingerprint density at radius 3 is 2.36 bits per heavy atom. The summed E-state index contributed by atoms with van der Waals surface area (Å²) in [7, 11) is 0. The number of amides is 1. The second kappa shape index (κ2) is 7.03. The summed E-state index contributed by atoms with van der Waals surface area (Å²) in [6.45, 7) is 5.65. The molecule has 0 aliphatic heterocycles. The van der Waals surface area contributed by atoms with Gasteiger partial charge in [-0.2, -0.15) is 0 Å². The molecule has 22 heavy (non-hydrogen) atoms. The van der Waals surface area contributed by atoms with Gasteiger partial charge in [-0.05, 0) is 62.2 Å². The third kappa shape index (κ3) is 4.39. The minimum atomic E-state index is -0.656. The fourth-order valence-electron chi connectivity index (χ4n) is 2.09. The molecule has 1 N–H and O–H groups in total. The molecule has 3 nitrogen and oxygen atoms in total. The number of ether oxygens (including phenoxy) is 1. The van der Waals surface area contributed by atoms with E-state index in [1.54, 1.807) is 25.1 Å². The Balaban J connectivity index is 2.07. The van der Waals surface area contributed by atoms with Gasteiger partial charge in [0, 0.05) is 5.02 Å². The predicted molar refractivity (Wildman–Crippen MR) is 91.1 cm³/mol. The first-order valence-electron chi connectivity index (χ1n) is 6.86. The van der Waals surface area contributed by atoms with Gasteiger partial charge in [0.1, 0.15) is 5.75 Å². The number of aryl methyl sites for hydroxylation is 2. The number of carbonyl (C=O) groups is 1. The molecule has 1 amide bonds. The van der Waals surface area contributed by atoms with Crippen LogP contribution in [0, 0.1) is 13.8 Å². The number of carbonyl (C=O) groups excluding carboxylic acids is 1. The molecule has 0 saturated heterocycles. The number of nitrogens with one attached hydrogen (secondary N) is 1. The highest BCUT2D eigenvalue weighted by Gasteiger charge is 2.16. The van der Waals surface area contributed by atoms with E-state index >= 15 is 0 Å². The van der Waals surface area contributed by atoms with Crippen LogP contribution >= 0.6 is 23.2 Å². The van der Waals surface area contributed by atoms with Crippen molar-refractivity contribution in [2.75, 3.05) is 5.32 Å². The van der Waals surface area contributed by atoms with Crippen molar-refractivity contribution in [2.45, 2.75) is 26.9 Å². The molecule has 0 aromatic heterocycles. The number of anilines is 1. The number of rotatable bonds is 4. The van der Waals surface area contributed by atoms with Crippen LogP contribution in [0.2, 0.25) is 10.0 Å². The fraction of sp³-hybridized carbons (Fsp3) is 0.235. The molecule has 116 valence electrons. The van der Waals surface area contributed by atoms with Crippen molar-refractivity contribution in [3.05, 3.63) is 57.6 Å². The summed E-state index contributed by atoms with van der Waals surface area (Å²) in [5.74, 6) is 0.376. The van der Waals surface area contributed by atoms with Crippen LogP contribution in [0.25, 0.3) is 0 Å². The third-order valence-corrected chi connectivity index (χ3v) is 3.63. The molecular formula is C17H17Cl2NO2. The molecule has 0 unspecified atom stereocenters. The fourth-order valence-corrected chi connectivity index (χ4v) is 2.42. The Kier molecular flexibility index (Phi) is 5.33. The average Bonchev–Trinajstić information content (AvgIpc) is 2.41. The zero-order valence-electron chi connectivity index (χ0n) is 12.6. The van der Waals surface area contributed by atoms with E-state index < -0.39 is 6.10 Å². The average molecular weight is 338 g/mol. The molecule has 0 radical (unpaired) electrons. The van der Waals surface area contributed by atoms with Crippen LogP contribution in [-0.4, -0.2) is 12.0 Å². The van der Waals surface area contributed by atoms with E-state index in [0.29, 0.717) is 21.5 Å². The molecule has 0 aliphatic rings. The SMILES string of the molecule is Cc1cc(C)cc(O[C@@H](C)C(=O)Nc2cc(Cl)ccc2Cl)c1. The first-order valence-corrected chi connectivity index (χ1v) is 7.61. The van der Waals surface area contributed by atoms with E-state index in [2.05, 4.69) is 5.32 Å². The smallest absolute Gasteiger partial charge is 0.265 e. The van der Waals surface area contributed by atoms with Crippen molar-refractivity contribution in [1.82, 2.24) is 0 Å². The van der Waals surface area contributed by atoms with Crippen molar-refractivity contribution in [3.63, 3.8) is 0 Å². The van der Waals surface area contributed by atoms with Crippen LogP contribution in [0.15, 0.2) is 36.4 Å². The maximum absolute atomic E-state index is 12.2. The lowest BCUT2D eigenvalue weighted by atomic mass is 10.1. The molecule has 0 heterocycles. The maximum Gasteiger partial charge on any atom is 0.265 e. The van der Waals surface area contributed by atoms with E-state index in [1.807, 2.05) is 32.0 Å². The number of halogens is 2. The Bertz CT molecular complexity index is 681. The van der Waals surface area contributed by atoms with Gasteiger partial charge in [-0.1, -0.05) is 29.3 Å². The Hall–Kier alpha value is -1.71. The Labute approximate surface area is 140 Å². The molecule has 0 saturated carbocycles. The summed E-state index contributed by atoms with van der Waals surface area (Å²) in [6.07, 6.45) is -0.656. The number of hydrogen-bond acceptors (Lipinski definition) is 2. The van der Waals surface area contributed by atoms with Crippen molar-refractivity contribution in [1.29, 1.82) is 0 Å². The lowest BCUT2D eigenvalue weighted by molar-refractivity contribution is -0.122. The summed E-state index contributed by atoms with van der Waals surface area (Å²) in [5, 5.41) is 3.65. The molecule has 2 rings (SSSR count). The largest absolute Gasteiger partial charge is 0.481 e. The van der Waals surface area contributed by atoms with Gasteiger partial charge in [-0.3, -0.25) is 4.79 Å². The highest BCUT2D eigenvalue weighted by molar-refractivity contribution is 6.35. The zero-order valence-corrected chi connectivity index (χ0v) is 14.1. The zero-order chi connectivity index (χ0) is 16.3. The summed E-state index contributed by atoms with van der Waals surface area (Å²) >= 11 is 11.9. The van der Waals surface area contributed by atoms with E-state index in [-0.39, 0.29) is 5.91 Å². The van der Waals surface area contributed by atoms with Gasteiger partial charge in [0.25, 0.3) is 5.91 Å². The van der Waals surface area contributed by atoms with Crippen LogP contribution in [-0.2, 0) is 4.79 Å². The topological polar surface area (TPSA) is 38.3 Å². The highest BCUT2D eigenvalue weighted by Crippen LogP contribution is 2.26. The second-order valence-corrected chi connectivity index (χ2v) is 6.04. The lowest BCUT2D eigenvalue weighted by Gasteiger charge is -2.16. The molecule has 2 aromatic rings. The first kappa shape index (κ1) is 16.7. The molecule has 0 spiro atoms. The van der Waals surface area contributed by atoms with Gasteiger partial charge in [-0.15, -0.1) is 0 Å².